The molecule has 8 heteroatoms. The third-order valence-corrected chi connectivity index (χ3v) is 7.16. The summed E-state index contributed by atoms with van der Waals surface area (Å²) in [4.78, 5) is 22.5. The zero-order valence-corrected chi connectivity index (χ0v) is 15.1. The number of hydrogen-bond donors (Lipinski definition) is 0. The lowest BCUT2D eigenvalue weighted by Crippen LogP contribution is -2.52. The minimum absolute atomic E-state index is 0.118. The molecule has 0 amide bonds. The van der Waals surface area contributed by atoms with E-state index >= 15 is 0 Å². The van der Waals surface area contributed by atoms with Crippen molar-refractivity contribution in [2.24, 2.45) is 0 Å². The first-order valence-electron chi connectivity index (χ1n) is 8.18. The summed E-state index contributed by atoms with van der Waals surface area (Å²) in [6.07, 6.45) is 1.06. The molecular formula is C19H17NO6S. The summed E-state index contributed by atoms with van der Waals surface area (Å²) in [5.41, 5.74) is 0.0393. The molecule has 0 bridgehead atoms. The molecule has 2 aromatic carbocycles. The van der Waals surface area contributed by atoms with Crippen LogP contribution in [0.15, 0.2) is 72.1 Å². The van der Waals surface area contributed by atoms with Crippen LogP contribution in [-0.2, 0) is 14.6 Å². The minimum Gasteiger partial charge on any atom is -0.459 e. The number of ether oxygens (including phenoxy) is 1. The molecule has 0 radical (unpaired) electrons. The van der Waals surface area contributed by atoms with E-state index in [1.165, 1.54) is 42.5 Å². The Balaban J connectivity index is 1.69. The Bertz CT molecular complexity index is 977. The summed E-state index contributed by atoms with van der Waals surface area (Å²) in [6.45, 7) is 3.66. The van der Waals surface area contributed by atoms with Crippen molar-refractivity contribution in [2.75, 3.05) is 0 Å². The number of benzene rings is 2. The summed E-state index contributed by atoms with van der Waals surface area (Å²) >= 11 is 0. The zero-order valence-electron chi connectivity index (χ0n) is 14.3. The van der Waals surface area contributed by atoms with Gasteiger partial charge in [0.15, 0.2) is 9.84 Å². The number of nitro groups is 1. The normalized spacial score (nSPS) is 21.7. The highest BCUT2D eigenvalue weighted by molar-refractivity contribution is 7.93. The number of non-ortho nitro benzene ring substituents is 1. The van der Waals surface area contributed by atoms with Crippen LogP contribution >= 0.6 is 0 Å². The van der Waals surface area contributed by atoms with E-state index in [9.17, 15) is 23.3 Å². The van der Waals surface area contributed by atoms with Gasteiger partial charge in [-0.2, -0.15) is 0 Å². The number of esters is 1. The molecule has 0 atom stereocenters. The minimum atomic E-state index is -3.65. The third kappa shape index (κ3) is 3.35. The second-order valence-electron chi connectivity index (χ2n) is 6.32. The molecule has 2 aromatic rings. The molecule has 0 heterocycles. The van der Waals surface area contributed by atoms with E-state index in [0.717, 1.165) is 0 Å². The van der Waals surface area contributed by atoms with Crippen molar-refractivity contribution in [3.05, 3.63) is 82.9 Å². The highest BCUT2D eigenvalue weighted by Gasteiger charge is 2.54. The van der Waals surface area contributed by atoms with Gasteiger partial charge < -0.3 is 4.74 Å². The van der Waals surface area contributed by atoms with Gasteiger partial charge in [0, 0.05) is 25.0 Å². The fourth-order valence-corrected chi connectivity index (χ4v) is 5.08. The average molecular weight is 387 g/mol. The van der Waals surface area contributed by atoms with E-state index in [2.05, 4.69) is 6.58 Å². The molecule has 27 heavy (non-hydrogen) atoms. The monoisotopic (exact) mass is 387 g/mol. The highest BCUT2D eigenvalue weighted by atomic mass is 32.2. The topological polar surface area (TPSA) is 104 Å². The van der Waals surface area contributed by atoms with Gasteiger partial charge in [0.1, 0.15) is 10.9 Å². The molecule has 1 aliphatic rings. The van der Waals surface area contributed by atoms with Gasteiger partial charge in [-0.3, -0.25) is 10.1 Å². The first-order chi connectivity index (χ1) is 12.8. The molecule has 7 nitrogen and oxygen atoms in total. The lowest BCUT2D eigenvalue weighted by Gasteiger charge is -2.43. The standard InChI is InChI=1S/C19H17NO6S/c1-2-19(27(24,25)17-6-4-3-5-7-17)12-16(13-19)26-18(21)14-8-10-15(11-9-14)20(22)23/h2-11,16H,1,12-13H2. The van der Waals surface area contributed by atoms with Gasteiger partial charge in [0.2, 0.25) is 0 Å². The second kappa shape index (κ2) is 6.96. The van der Waals surface area contributed by atoms with Gasteiger partial charge in [-0.05, 0) is 24.3 Å². The van der Waals surface area contributed by atoms with Crippen LogP contribution in [0, 0.1) is 10.1 Å². The quantitative estimate of drug-likeness (QED) is 0.326. The molecular weight excluding hydrogens is 370 g/mol. The van der Waals surface area contributed by atoms with Crippen LogP contribution in [0.3, 0.4) is 0 Å². The van der Waals surface area contributed by atoms with Gasteiger partial charge in [-0.1, -0.05) is 24.3 Å². The summed E-state index contributed by atoms with van der Waals surface area (Å²) in [5.74, 6) is -0.648. The lowest BCUT2D eigenvalue weighted by molar-refractivity contribution is -0.384. The lowest BCUT2D eigenvalue weighted by atomic mass is 9.81. The van der Waals surface area contributed by atoms with Crippen LogP contribution in [0.4, 0.5) is 5.69 Å². The third-order valence-electron chi connectivity index (χ3n) is 4.69. The van der Waals surface area contributed by atoms with E-state index in [-0.39, 0.29) is 29.0 Å². The van der Waals surface area contributed by atoms with Gasteiger partial charge in [0.05, 0.1) is 15.4 Å². The Morgan fingerprint density at radius 3 is 2.26 bits per heavy atom. The first kappa shape index (κ1) is 18.8. The number of nitrogens with zero attached hydrogens (tertiary/aromatic N) is 1. The van der Waals surface area contributed by atoms with Crippen LogP contribution in [-0.4, -0.2) is 30.2 Å². The molecule has 0 spiro atoms. The smallest absolute Gasteiger partial charge is 0.338 e. The molecule has 140 valence electrons. The van der Waals surface area contributed by atoms with Crippen molar-refractivity contribution in [3.63, 3.8) is 0 Å². The molecule has 0 saturated heterocycles. The maximum Gasteiger partial charge on any atom is 0.338 e. The fraction of sp³-hybridized carbons (Fsp3) is 0.211. The summed E-state index contributed by atoms with van der Waals surface area (Å²) in [6, 6.07) is 13.1. The molecule has 3 rings (SSSR count). The molecule has 1 saturated carbocycles. The first-order valence-corrected chi connectivity index (χ1v) is 9.66. The SMILES string of the molecule is C=CC1(S(=O)(=O)c2ccccc2)CC(OC(=O)c2ccc([N+](=O)[O-])cc2)C1. The van der Waals surface area contributed by atoms with Crippen molar-refractivity contribution in [3.8, 4) is 0 Å². The van der Waals surface area contributed by atoms with Crippen LogP contribution < -0.4 is 0 Å². The number of rotatable bonds is 6. The van der Waals surface area contributed by atoms with E-state index in [4.69, 9.17) is 4.74 Å². The molecule has 0 aliphatic heterocycles. The van der Waals surface area contributed by atoms with E-state index in [1.54, 1.807) is 18.2 Å². The van der Waals surface area contributed by atoms with Crippen LogP contribution in [0.5, 0.6) is 0 Å². The Kier molecular flexibility index (Phi) is 4.84. The number of carbonyl (C=O) groups excluding carboxylic acids is 1. The van der Waals surface area contributed by atoms with E-state index < -0.39 is 31.6 Å². The van der Waals surface area contributed by atoms with Crippen molar-refractivity contribution >= 4 is 21.5 Å². The van der Waals surface area contributed by atoms with Crippen LogP contribution in [0.25, 0.3) is 0 Å². The largest absolute Gasteiger partial charge is 0.459 e. The molecule has 1 fully saturated rings. The number of carbonyl (C=O) groups is 1. The fourth-order valence-electron chi connectivity index (χ4n) is 3.06. The van der Waals surface area contributed by atoms with E-state index in [0.29, 0.717) is 0 Å². The second-order valence-corrected chi connectivity index (χ2v) is 8.62. The van der Waals surface area contributed by atoms with Crippen LogP contribution in [0.2, 0.25) is 0 Å². The van der Waals surface area contributed by atoms with Crippen molar-refractivity contribution < 1.29 is 22.9 Å². The molecule has 0 N–H and O–H groups in total. The van der Waals surface area contributed by atoms with Crippen molar-refractivity contribution in [1.29, 1.82) is 0 Å². The predicted octanol–water partition coefficient (Wildman–Crippen LogP) is 3.31. The Morgan fingerprint density at radius 1 is 1.15 bits per heavy atom. The Hall–Kier alpha value is -3.00. The average Bonchev–Trinajstić information content (AvgIpc) is 2.64. The number of hydrogen-bond acceptors (Lipinski definition) is 6. The predicted molar refractivity (Wildman–Crippen MR) is 98.1 cm³/mol. The summed E-state index contributed by atoms with van der Waals surface area (Å²) in [5, 5.41) is 10.7. The van der Waals surface area contributed by atoms with Gasteiger partial charge in [-0.15, -0.1) is 6.58 Å². The van der Waals surface area contributed by atoms with Crippen molar-refractivity contribution in [1.82, 2.24) is 0 Å². The highest BCUT2D eigenvalue weighted by Crippen LogP contribution is 2.45. The Morgan fingerprint density at radius 2 is 1.74 bits per heavy atom. The van der Waals surface area contributed by atoms with Gasteiger partial charge in [-0.25, -0.2) is 13.2 Å². The van der Waals surface area contributed by atoms with Gasteiger partial charge >= 0.3 is 5.97 Å². The maximum atomic E-state index is 12.9. The van der Waals surface area contributed by atoms with Crippen molar-refractivity contribution in [2.45, 2.75) is 28.6 Å². The van der Waals surface area contributed by atoms with E-state index in [1.807, 2.05) is 0 Å². The number of nitro benzene ring substituents is 1. The summed E-state index contributed by atoms with van der Waals surface area (Å²) < 4.78 is 30.0. The maximum absolute atomic E-state index is 12.9. The molecule has 1 aliphatic carbocycles. The van der Waals surface area contributed by atoms with Crippen LogP contribution in [0.1, 0.15) is 23.2 Å². The Labute approximate surface area is 156 Å². The van der Waals surface area contributed by atoms with Gasteiger partial charge in [0.25, 0.3) is 5.69 Å². The number of sulfone groups is 1. The molecule has 0 aromatic heterocycles. The zero-order chi connectivity index (χ0) is 19.7. The summed E-state index contributed by atoms with van der Waals surface area (Å²) in [7, 11) is -3.65. The molecule has 0 unspecified atom stereocenters.